The smallest absolute Gasteiger partial charge is 0.264 e. The molecule has 0 bridgehead atoms. The molecule has 0 aliphatic rings. The normalized spacial score (nSPS) is 12.3. The van der Waals surface area contributed by atoms with Crippen LogP contribution in [0.5, 0.6) is 0 Å². The van der Waals surface area contributed by atoms with Gasteiger partial charge in [0.2, 0.25) is 11.8 Å². The predicted molar refractivity (Wildman–Crippen MR) is 186 cm³/mol. The van der Waals surface area contributed by atoms with Crippen molar-refractivity contribution >= 4 is 50.7 Å². The minimum absolute atomic E-state index is 0.0413. The van der Waals surface area contributed by atoms with Gasteiger partial charge in [0.05, 0.1) is 10.6 Å². The van der Waals surface area contributed by atoms with Crippen molar-refractivity contribution in [1.29, 1.82) is 0 Å². The summed E-state index contributed by atoms with van der Waals surface area (Å²) in [5.74, 6) is -0.952. The fourth-order valence-electron chi connectivity index (χ4n) is 4.97. The molecule has 4 rings (SSSR count). The van der Waals surface area contributed by atoms with Crippen molar-refractivity contribution in [2.24, 2.45) is 0 Å². The first-order valence-corrected chi connectivity index (χ1v) is 17.1. The van der Waals surface area contributed by atoms with Crippen molar-refractivity contribution < 1.29 is 18.0 Å². The lowest BCUT2D eigenvalue weighted by Gasteiger charge is -2.35. The average Bonchev–Trinajstić information content (AvgIpc) is 3.00. The van der Waals surface area contributed by atoms with Crippen molar-refractivity contribution in [2.75, 3.05) is 10.8 Å². The molecule has 0 aliphatic carbocycles. The number of hydrogen-bond donors (Lipinski definition) is 1. The van der Waals surface area contributed by atoms with Crippen LogP contribution in [-0.4, -0.2) is 43.3 Å². The van der Waals surface area contributed by atoms with E-state index >= 15 is 0 Å². The first-order chi connectivity index (χ1) is 21.7. The van der Waals surface area contributed by atoms with Crippen LogP contribution in [0.15, 0.2) is 102 Å². The summed E-state index contributed by atoms with van der Waals surface area (Å²) in [4.78, 5) is 30.1. The summed E-state index contributed by atoms with van der Waals surface area (Å²) in [6.07, 6.45) is 0.189. The third-order valence-corrected chi connectivity index (χ3v) is 9.89. The molecule has 1 atom stereocenters. The van der Waals surface area contributed by atoms with Crippen LogP contribution in [0, 0.1) is 13.8 Å². The number of rotatable bonds is 11. The number of nitrogens with zero attached hydrogens (tertiary/aromatic N) is 2. The van der Waals surface area contributed by atoms with Gasteiger partial charge < -0.3 is 10.2 Å². The minimum Gasteiger partial charge on any atom is -0.350 e. The highest BCUT2D eigenvalue weighted by molar-refractivity contribution is 7.92. The summed E-state index contributed by atoms with van der Waals surface area (Å²) < 4.78 is 29.4. The molecule has 0 spiro atoms. The zero-order valence-electron chi connectivity index (χ0n) is 26.6. The highest BCUT2D eigenvalue weighted by atomic mass is 35.5. The van der Waals surface area contributed by atoms with E-state index < -0.39 is 34.1 Å². The molecule has 242 valence electrons. The minimum atomic E-state index is -4.19. The fraction of sp³-hybridized carbons (Fsp3) is 0.278. The molecule has 10 heteroatoms. The molecule has 2 amide bonds. The van der Waals surface area contributed by atoms with E-state index in [2.05, 4.69) is 5.32 Å². The van der Waals surface area contributed by atoms with Gasteiger partial charge in [-0.2, -0.15) is 0 Å². The molecule has 0 saturated heterocycles. The molecule has 0 aromatic heterocycles. The van der Waals surface area contributed by atoms with Gasteiger partial charge in [-0.15, -0.1) is 0 Å². The summed E-state index contributed by atoms with van der Waals surface area (Å²) in [6, 6.07) is 26.6. The number of benzene rings is 4. The Hall–Kier alpha value is -3.85. The highest BCUT2D eigenvalue weighted by Crippen LogP contribution is 2.28. The average molecular weight is 681 g/mol. The second-order valence-corrected chi connectivity index (χ2v) is 15.0. The number of carbonyl (C=O) groups is 2. The molecular formula is C36H39Cl2N3O4S. The van der Waals surface area contributed by atoms with Gasteiger partial charge in [-0.3, -0.25) is 13.9 Å². The van der Waals surface area contributed by atoms with Gasteiger partial charge in [-0.25, -0.2) is 8.42 Å². The lowest BCUT2D eigenvalue weighted by Crippen LogP contribution is -2.56. The molecule has 1 N–H and O–H groups in total. The van der Waals surface area contributed by atoms with E-state index in [4.69, 9.17) is 23.2 Å². The first-order valence-electron chi connectivity index (χ1n) is 14.9. The van der Waals surface area contributed by atoms with Crippen molar-refractivity contribution in [3.05, 3.63) is 129 Å². The van der Waals surface area contributed by atoms with Gasteiger partial charge in [0.25, 0.3) is 10.0 Å². The molecule has 0 saturated carbocycles. The summed E-state index contributed by atoms with van der Waals surface area (Å²) in [5, 5.41) is 3.77. The van der Waals surface area contributed by atoms with Gasteiger partial charge in [-0.1, -0.05) is 83.9 Å². The maximum absolute atomic E-state index is 14.6. The van der Waals surface area contributed by atoms with E-state index in [0.717, 1.165) is 21.0 Å². The number of hydrogen-bond acceptors (Lipinski definition) is 4. The topological polar surface area (TPSA) is 86.8 Å². The Morgan fingerprint density at radius 3 is 2.04 bits per heavy atom. The lowest BCUT2D eigenvalue weighted by molar-refractivity contribution is -0.140. The van der Waals surface area contributed by atoms with Gasteiger partial charge >= 0.3 is 0 Å². The van der Waals surface area contributed by atoms with E-state index in [9.17, 15) is 18.0 Å². The Balaban J connectivity index is 1.85. The molecule has 4 aromatic carbocycles. The Morgan fingerprint density at radius 2 is 1.46 bits per heavy atom. The number of amides is 2. The Labute approximate surface area is 282 Å². The van der Waals surface area contributed by atoms with Crippen LogP contribution in [-0.2, 0) is 32.6 Å². The highest BCUT2D eigenvalue weighted by Gasteiger charge is 2.36. The van der Waals surface area contributed by atoms with Crippen LogP contribution in [0.3, 0.4) is 0 Å². The molecule has 46 heavy (non-hydrogen) atoms. The SMILES string of the molecule is Cc1ccc(N(CC(=O)N(Cc2ccc(Cl)cc2Cl)C(Cc2ccccc2)C(=O)NC(C)(C)C)S(=O)(=O)c2ccccc2)cc1C. The van der Waals surface area contributed by atoms with Crippen molar-refractivity contribution in [2.45, 2.75) is 64.1 Å². The predicted octanol–water partition coefficient (Wildman–Crippen LogP) is 7.36. The largest absolute Gasteiger partial charge is 0.350 e. The summed E-state index contributed by atoms with van der Waals surface area (Å²) in [7, 11) is -4.19. The quantitative estimate of drug-likeness (QED) is 0.179. The van der Waals surface area contributed by atoms with E-state index in [1.165, 1.54) is 17.0 Å². The summed E-state index contributed by atoms with van der Waals surface area (Å²) in [5.41, 5.74) is 2.98. The van der Waals surface area contributed by atoms with E-state index in [1.807, 2.05) is 71.0 Å². The molecule has 7 nitrogen and oxygen atoms in total. The van der Waals surface area contributed by atoms with E-state index in [0.29, 0.717) is 21.3 Å². The van der Waals surface area contributed by atoms with Crippen LogP contribution in [0.1, 0.15) is 43.0 Å². The number of sulfonamides is 1. The Bertz CT molecular complexity index is 1790. The number of anilines is 1. The monoisotopic (exact) mass is 679 g/mol. The zero-order chi connectivity index (χ0) is 33.6. The Kier molecular flexibility index (Phi) is 11.2. The molecular weight excluding hydrogens is 641 g/mol. The van der Waals surface area contributed by atoms with Crippen LogP contribution in [0.4, 0.5) is 5.69 Å². The number of carbonyl (C=O) groups excluding carboxylic acids is 2. The third kappa shape index (κ3) is 8.90. The first kappa shape index (κ1) is 35.0. The maximum Gasteiger partial charge on any atom is 0.264 e. The zero-order valence-corrected chi connectivity index (χ0v) is 29.0. The van der Waals surface area contributed by atoms with Crippen molar-refractivity contribution in [1.82, 2.24) is 10.2 Å². The molecule has 1 unspecified atom stereocenters. The number of halogens is 2. The van der Waals surface area contributed by atoms with Gasteiger partial charge in [0.15, 0.2) is 0 Å². The van der Waals surface area contributed by atoms with E-state index in [-0.39, 0.29) is 23.8 Å². The van der Waals surface area contributed by atoms with Crippen LogP contribution >= 0.6 is 23.2 Å². The van der Waals surface area contributed by atoms with Crippen molar-refractivity contribution in [3.63, 3.8) is 0 Å². The fourth-order valence-corrected chi connectivity index (χ4v) is 6.86. The molecule has 0 heterocycles. The van der Waals surface area contributed by atoms with Gasteiger partial charge in [-0.05, 0) is 93.3 Å². The molecule has 0 radical (unpaired) electrons. The molecule has 4 aromatic rings. The van der Waals surface area contributed by atoms with Crippen molar-refractivity contribution in [3.8, 4) is 0 Å². The molecule has 0 aliphatic heterocycles. The van der Waals surface area contributed by atoms with E-state index in [1.54, 1.807) is 48.5 Å². The van der Waals surface area contributed by atoms with Crippen LogP contribution in [0.25, 0.3) is 0 Å². The van der Waals surface area contributed by atoms with Gasteiger partial charge in [0, 0.05) is 28.5 Å². The third-order valence-electron chi connectivity index (χ3n) is 7.51. The lowest BCUT2D eigenvalue weighted by atomic mass is 10.0. The van der Waals surface area contributed by atoms with Gasteiger partial charge in [0.1, 0.15) is 12.6 Å². The molecule has 0 fully saturated rings. The number of nitrogens with one attached hydrogen (secondary N) is 1. The summed E-state index contributed by atoms with van der Waals surface area (Å²) in [6.45, 7) is 8.78. The van der Waals surface area contributed by atoms with Crippen LogP contribution in [0.2, 0.25) is 10.0 Å². The standard InChI is InChI=1S/C36H39Cl2N3O4S/c1-25-16-19-30(20-26(25)2)41(46(44,45)31-14-10-7-11-15-31)24-34(42)40(23-28-17-18-29(37)22-32(28)38)33(35(43)39-36(3,4)5)21-27-12-8-6-9-13-27/h6-20,22,33H,21,23-24H2,1-5H3,(H,39,43). The summed E-state index contributed by atoms with van der Waals surface area (Å²) >= 11 is 12.8. The van der Waals surface area contributed by atoms with Crippen LogP contribution < -0.4 is 9.62 Å². The maximum atomic E-state index is 14.6. The second-order valence-electron chi connectivity index (χ2n) is 12.3. The Morgan fingerprint density at radius 1 is 0.826 bits per heavy atom. The number of aryl methyl sites for hydroxylation is 2. The second kappa shape index (κ2) is 14.7.